The number of aromatic amines is 1. The second-order valence-corrected chi connectivity index (χ2v) is 9.36. The third-order valence-electron chi connectivity index (χ3n) is 6.67. The minimum Gasteiger partial charge on any atom is -0.497 e. The Labute approximate surface area is 228 Å². The van der Waals surface area contributed by atoms with Gasteiger partial charge in [-0.05, 0) is 60.4 Å². The molecule has 0 unspecified atom stereocenters. The quantitative estimate of drug-likeness (QED) is 0.245. The van der Waals surface area contributed by atoms with Crippen LogP contribution in [0.15, 0.2) is 79.0 Å². The topological polar surface area (TPSA) is 74.9 Å². The number of rotatable bonds is 13. The highest BCUT2D eigenvalue weighted by Gasteiger charge is 2.23. The third-order valence-corrected chi connectivity index (χ3v) is 6.67. The van der Waals surface area contributed by atoms with Crippen LogP contribution >= 0.6 is 0 Å². The highest BCUT2D eigenvalue weighted by atomic mass is 19.1. The highest BCUT2D eigenvalue weighted by molar-refractivity contribution is 5.96. The normalized spacial score (nSPS) is 10.9. The zero-order valence-electron chi connectivity index (χ0n) is 22.4. The van der Waals surface area contributed by atoms with E-state index in [0.717, 1.165) is 27.8 Å². The lowest BCUT2D eigenvalue weighted by Gasteiger charge is -2.28. The molecule has 2 amide bonds. The maximum absolute atomic E-state index is 13.9. The van der Waals surface area contributed by atoms with Gasteiger partial charge in [-0.3, -0.25) is 9.59 Å². The van der Waals surface area contributed by atoms with E-state index in [4.69, 9.17) is 9.47 Å². The summed E-state index contributed by atoms with van der Waals surface area (Å²) in [5, 5.41) is 1.12. The summed E-state index contributed by atoms with van der Waals surface area (Å²) >= 11 is 0. The zero-order valence-corrected chi connectivity index (χ0v) is 22.4. The van der Waals surface area contributed by atoms with Crippen LogP contribution in [-0.2, 0) is 22.5 Å². The molecule has 0 bridgehead atoms. The van der Waals surface area contributed by atoms with Gasteiger partial charge in [0.2, 0.25) is 5.91 Å². The SMILES string of the molecule is COCCCN(CC(=O)N(CCc1c[nH]c2ccccc12)Cc1ccc(OC)cc1)C(=O)c1cccc(F)c1. The van der Waals surface area contributed by atoms with Crippen LogP contribution in [0, 0.1) is 5.82 Å². The summed E-state index contributed by atoms with van der Waals surface area (Å²) in [6, 6.07) is 21.2. The molecule has 1 N–H and O–H groups in total. The smallest absolute Gasteiger partial charge is 0.254 e. The summed E-state index contributed by atoms with van der Waals surface area (Å²) in [6.45, 7) is 1.48. The van der Waals surface area contributed by atoms with Crippen molar-refractivity contribution in [3.8, 4) is 5.75 Å². The van der Waals surface area contributed by atoms with E-state index in [2.05, 4.69) is 11.1 Å². The molecular formula is C31H34FN3O4. The molecule has 1 heterocycles. The van der Waals surface area contributed by atoms with Gasteiger partial charge in [0.15, 0.2) is 0 Å². The van der Waals surface area contributed by atoms with Crippen molar-refractivity contribution >= 4 is 22.7 Å². The van der Waals surface area contributed by atoms with E-state index in [1.807, 2.05) is 48.7 Å². The Morgan fingerprint density at radius 2 is 1.72 bits per heavy atom. The summed E-state index contributed by atoms with van der Waals surface area (Å²) in [5.41, 5.74) is 3.32. The Morgan fingerprint density at radius 1 is 0.923 bits per heavy atom. The molecule has 39 heavy (non-hydrogen) atoms. The van der Waals surface area contributed by atoms with Crippen molar-refractivity contribution in [1.29, 1.82) is 0 Å². The standard InChI is InChI=1S/C31H34FN3O4/c1-38-18-6-16-35(31(37)24-7-5-8-26(32)19-24)22-30(36)34(21-23-11-13-27(39-2)14-12-23)17-15-25-20-33-29-10-4-3-9-28(25)29/h3-5,7-14,19-20,33H,6,15-18,21-22H2,1-2H3. The van der Waals surface area contributed by atoms with Crippen LogP contribution in [0.1, 0.15) is 27.9 Å². The van der Waals surface area contributed by atoms with E-state index in [1.165, 1.54) is 23.1 Å². The van der Waals surface area contributed by atoms with E-state index in [9.17, 15) is 14.0 Å². The summed E-state index contributed by atoms with van der Waals surface area (Å²) in [6.07, 6.45) is 3.18. The summed E-state index contributed by atoms with van der Waals surface area (Å²) in [7, 11) is 3.20. The summed E-state index contributed by atoms with van der Waals surface area (Å²) in [4.78, 5) is 33.6. The number of nitrogens with zero attached hydrogens (tertiary/aromatic N) is 2. The average Bonchev–Trinajstić information content (AvgIpc) is 3.37. The number of amides is 2. The van der Waals surface area contributed by atoms with Crippen LogP contribution < -0.4 is 4.74 Å². The predicted octanol–water partition coefficient (Wildman–Crippen LogP) is 5.07. The van der Waals surface area contributed by atoms with Crippen molar-refractivity contribution in [3.05, 3.63) is 102 Å². The molecular weight excluding hydrogens is 497 g/mol. The molecule has 0 aliphatic rings. The Kier molecular flexibility index (Phi) is 9.69. The summed E-state index contributed by atoms with van der Waals surface area (Å²) < 4.78 is 24.3. The van der Waals surface area contributed by atoms with Gasteiger partial charge < -0.3 is 24.3 Å². The molecule has 0 aliphatic carbocycles. The summed E-state index contributed by atoms with van der Waals surface area (Å²) in [5.74, 6) is -0.336. The molecule has 204 valence electrons. The van der Waals surface area contributed by atoms with Crippen LogP contribution in [0.3, 0.4) is 0 Å². The van der Waals surface area contributed by atoms with Crippen LogP contribution in [0.5, 0.6) is 5.75 Å². The molecule has 0 atom stereocenters. The van der Waals surface area contributed by atoms with Gasteiger partial charge in [0.05, 0.1) is 7.11 Å². The fraction of sp³-hybridized carbons (Fsp3) is 0.290. The first kappa shape index (κ1) is 27.9. The molecule has 7 nitrogen and oxygen atoms in total. The van der Waals surface area contributed by atoms with Gasteiger partial charge in [0, 0.05) is 56.0 Å². The van der Waals surface area contributed by atoms with Crippen LogP contribution in [0.4, 0.5) is 4.39 Å². The number of H-pyrrole nitrogens is 1. The number of ether oxygens (including phenoxy) is 2. The first-order valence-electron chi connectivity index (χ1n) is 13.0. The number of benzene rings is 3. The number of hydrogen-bond donors (Lipinski definition) is 1. The molecule has 1 aromatic heterocycles. The number of halogens is 1. The predicted molar refractivity (Wildman–Crippen MR) is 149 cm³/mol. The molecule has 4 rings (SSSR count). The second-order valence-electron chi connectivity index (χ2n) is 9.36. The molecule has 8 heteroatoms. The van der Waals surface area contributed by atoms with Gasteiger partial charge >= 0.3 is 0 Å². The van der Waals surface area contributed by atoms with Crippen molar-refractivity contribution in [2.45, 2.75) is 19.4 Å². The van der Waals surface area contributed by atoms with Crippen LogP contribution in [0.2, 0.25) is 0 Å². The molecule has 0 radical (unpaired) electrons. The van der Waals surface area contributed by atoms with Crippen molar-refractivity contribution in [3.63, 3.8) is 0 Å². The van der Waals surface area contributed by atoms with E-state index >= 15 is 0 Å². The minimum absolute atomic E-state index is 0.122. The number of fused-ring (bicyclic) bond motifs is 1. The van der Waals surface area contributed by atoms with Gasteiger partial charge in [0.1, 0.15) is 18.1 Å². The van der Waals surface area contributed by atoms with Crippen LogP contribution in [0.25, 0.3) is 10.9 Å². The fourth-order valence-corrected chi connectivity index (χ4v) is 4.56. The van der Waals surface area contributed by atoms with Crippen molar-refractivity contribution < 1.29 is 23.5 Å². The van der Waals surface area contributed by atoms with Crippen molar-refractivity contribution in [2.75, 3.05) is 40.5 Å². The van der Waals surface area contributed by atoms with Gasteiger partial charge in [-0.2, -0.15) is 0 Å². The molecule has 0 aliphatic heterocycles. The molecule has 0 spiro atoms. The molecule has 0 saturated carbocycles. The molecule has 4 aromatic rings. The fourth-order valence-electron chi connectivity index (χ4n) is 4.56. The van der Waals surface area contributed by atoms with E-state index in [-0.39, 0.29) is 23.9 Å². The second kappa shape index (κ2) is 13.6. The Balaban J connectivity index is 1.54. The van der Waals surface area contributed by atoms with Gasteiger partial charge in [-0.15, -0.1) is 0 Å². The number of para-hydroxylation sites is 1. The first-order valence-corrected chi connectivity index (χ1v) is 13.0. The van der Waals surface area contributed by atoms with E-state index < -0.39 is 5.82 Å². The number of methoxy groups -OCH3 is 2. The van der Waals surface area contributed by atoms with E-state index in [0.29, 0.717) is 39.1 Å². The number of hydrogen-bond acceptors (Lipinski definition) is 4. The van der Waals surface area contributed by atoms with Gasteiger partial charge in [-0.25, -0.2) is 4.39 Å². The van der Waals surface area contributed by atoms with Crippen molar-refractivity contribution in [2.24, 2.45) is 0 Å². The lowest BCUT2D eigenvalue weighted by Crippen LogP contribution is -2.44. The molecule has 0 fully saturated rings. The van der Waals surface area contributed by atoms with Crippen molar-refractivity contribution in [1.82, 2.24) is 14.8 Å². The maximum atomic E-state index is 13.9. The largest absolute Gasteiger partial charge is 0.497 e. The number of carbonyl (C=O) groups is 2. The monoisotopic (exact) mass is 531 g/mol. The van der Waals surface area contributed by atoms with Gasteiger partial charge in [-0.1, -0.05) is 36.4 Å². The Hall–Kier alpha value is -4.17. The number of aromatic nitrogens is 1. The van der Waals surface area contributed by atoms with Gasteiger partial charge in [0.25, 0.3) is 5.91 Å². The molecule has 3 aromatic carbocycles. The first-order chi connectivity index (χ1) is 19.0. The maximum Gasteiger partial charge on any atom is 0.254 e. The Morgan fingerprint density at radius 3 is 2.46 bits per heavy atom. The zero-order chi connectivity index (χ0) is 27.6. The third kappa shape index (κ3) is 7.45. The Bertz CT molecular complexity index is 1390. The lowest BCUT2D eigenvalue weighted by molar-refractivity contribution is -0.132. The van der Waals surface area contributed by atoms with E-state index in [1.54, 1.807) is 25.2 Å². The number of carbonyl (C=O) groups excluding carboxylic acids is 2. The van der Waals surface area contributed by atoms with Crippen LogP contribution in [-0.4, -0.2) is 67.1 Å². The lowest BCUT2D eigenvalue weighted by atomic mass is 10.1. The highest BCUT2D eigenvalue weighted by Crippen LogP contribution is 2.20. The molecule has 0 saturated heterocycles. The average molecular weight is 532 g/mol. The minimum atomic E-state index is -0.496. The number of nitrogens with one attached hydrogen (secondary N) is 1.